The predicted octanol–water partition coefficient (Wildman–Crippen LogP) is 0.830. The van der Waals surface area contributed by atoms with Gasteiger partial charge in [0.15, 0.2) is 0 Å². The van der Waals surface area contributed by atoms with Gasteiger partial charge in [0, 0.05) is 52.7 Å². The molecule has 0 aliphatic carbocycles. The molecule has 43 heavy (non-hydrogen) atoms. The van der Waals surface area contributed by atoms with Crippen molar-refractivity contribution < 1.29 is 43.3 Å². The molecule has 0 saturated carbocycles. The highest BCUT2D eigenvalue weighted by atomic mass is 19.1. The number of nitrogens with zero attached hydrogens (tertiary/aromatic N) is 2. The smallest absolute Gasteiger partial charge is 0.256 e. The Bertz CT molecular complexity index is 1060. The number of aliphatic hydroxyl groups is 2. The topological polar surface area (TPSA) is 172 Å². The minimum Gasteiger partial charge on any atom is -0.388 e. The van der Waals surface area contributed by atoms with Gasteiger partial charge in [-0.1, -0.05) is 26.0 Å². The zero-order valence-electron chi connectivity index (χ0n) is 25.4. The quantitative estimate of drug-likeness (QED) is 0.302. The van der Waals surface area contributed by atoms with Gasteiger partial charge in [0.2, 0.25) is 17.7 Å². The first kappa shape index (κ1) is 36.1. The third-order valence-corrected chi connectivity index (χ3v) is 7.16. The van der Waals surface area contributed by atoms with E-state index in [4.69, 9.17) is 15.2 Å². The van der Waals surface area contributed by atoms with Crippen LogP contribution < -0.4 is 11.1 Å². The number of amides is 4. The van der Waals surface area contributed by atoms with E-state index < -0.39 is 53.8 Å². The third kappa shape index (κ3) is 12.6. The molecule has 0 spiro atoms. The Kier molecular flexibility index (Phi) is 15.5. The number of hydrogen-bond donors (Lipinski definition) is 4. The molecule has 0 radical (unpaired) electrons. The largest absolute Gasteiger partial charge is 0.388 e. The molecule has 0 unspecified atom stereocenters. The number of carbonyl (C=O) groups excluding carboxylic acids is 4. The highest BCUT2D eigenvalue weighted by Gasteiger charge is 2.33. The maximum absolute atomic E-state index is 14.7. The van der Waals surface area contributed by atoms with E-state index in [2.05, 4.69) is 5.32 Å². The lowest BCUT2D eigenvalue weighted by Gasteiger charge is -2.35. The Morgan fingerprint density at radius 3 is 2.44 bits per heavy atom. The minimum atomic E-state index is -1.42. The maximum atomic E-state index is 14.7. The van der Waals surface area contributed by atoms with Crippen molar-refractivity contribution in [1.29, 1.82) is 0 Å². The van der Waals surface area contributed by atoms with Crippen molar-refractivity contribution in [2.75, 3.05) is 46.0 Å². The van der Waals surface area contributed by atoms with Crippen LogP contribution in [0.2, 0.25) is 0 Å². The van der Waals surface area contributed by atoms with Crippen LogP contribution in [0.25, 0.3) is 0 Å². The molecule has 242 valence electrons. The van der Waals surface area contributed by atoms with Crippen molar-refractivity contribution in [3.63, 3.8) is 0 Å². The molecule has 1 aromatic rings. The molecule has 0 bridgehead atoms. The zero-order valence-corrected chi connectivity index (χ0v) is 25.4. The second-order valence-corrected chi connectivity index (χ2v) is 11.2. The van der Waals surface area contributed by atoms with Crippen molar-refractivity contribution in [2.24, 2.45) is 11.7 Å². The molecule has 4 atom stereocenters. The van der Waals surface area contributed by atoms with E-state index >= 15 is 0 Å². The van der Waals surface area contributed by atoms with Gasteiger partial charge >= 0.3 is 0 Å². The molecule has 13 heteroatoms. The Morgan fingerprint density at radius 1 is 1.09 bits per heavy atom. The summed E-state index contributed by atoms with van der Waals surface area (Å²) >= 11 is 0. The first-order valence-electron chi connectivity index (χ1n) is 14.8. The van der Waals surface area contributed by atoms with Gasteiger partial charge < -0.3 is 40.5 Å². The van der Waals surface area contributed by atoms with Crippen molar-refractivity contribution in [1.82, 2.24) is 15.1 Å². The number of primary amides is 1. The van der Waals surface area contributed by atoms with Gasteiger partial charge in [-0.3, -0.25) is 19.2 Å². The Labute approximate surface area is 252 Å². The number of ether oxygens (including phenoxy) is 2. The van der Waals surface area contributed by atoms with Crippen LogP contribution in [0.1, 0.15) is 63.2 Å². The van der Waals surface area contributed by atoms with Crippen LogP contribution in [0.4, 0.5) is 4.39 Å². The molecule has 12 nitrogen and oxygen atoms in total. The third-order valence-electron chi connectivity index (χ3n) is 7.16. The summed E-state index contributed by atoms with van der Waals surface area (Å²) in [6, 6.07) is 4.48. The van der Waals surface area contributed by atoms with Crippen LogP contribution in [0, 0.1) is 11.7 Å². The minimum absolute atomic E-state index is 0.00107. The van der Waals surface area contributed by atoms with E-state index in [1.807, 2.05) is 13.8 Å². The van der Waals surface area contributed by atoms with Crippen molar-refractivity contribution in [2.45, 2.75) is 77.2 Å². The number of carbonyl (C=O) groups is 4. The number of hydrogen-bond acceptors (Lipinski definition) is 8. The summed E-state index contributed by atoms with van der Waals surface area (Å²) in [7, 11) is 0. The van der Waals surface area contributed by atoms with Crippen molar-refractivity contribution in [3.05, 3.63) is 35.6 Å². The van der Waals surface area contributed by atoms with Gasteiger partial charge in [0.25, 0.3) is 5.91 Å². The number of nitrogens with one attached hydrogen (secondary N) is 1. The summed E-state index contributed by atoms with van der Waals surface area (Å²) in [6.45, 7) is 5.59. The molecule has 4 amide bonds. The second kappa shape index (κ2) is 18.5. The van der Waals surface area contributed by atoms with E-state index in [1.54, 1.807) is 0 Å². The predicted molar refractivity (Wildman–Crippen MR) is 156 cm³/mol. The molecule has 5 N–H and O–H groups in total. The highest BCUT2D eigenvalue weighted by Crippen LogP contribution is 2.16. The second-order valence-electron chi connectivity index (χ2n) is 11.2. The van der Waals surface area contributed by atoms with E-state index in [0.29, 0.717) is 25.2 Å². The van der Waals surface area contributed by atoms with Crippen LogP contribution in [0.15, 0.2) is 24.3 Å². The average molecular weight is 611 g/mol. The molecule has 1 saturated heterocycles. The summed E-state index contributed by atoms with van der Waals surface area (Å²) in [4.78, 5) is 53.3. The Morgan fingerprint density at radius 2 is 1.79 bits per heavy atom. The van der Waals surface area contributed by atoms with Gasteiger partial charge in [0.05, 0.1) is 12.2 Å². The lowest BCUT2D eigenvalue weighted by molar-refractivity contribution is -0.137. The molecule has 1 aliphatic rings. The first-order chi connectivity index (χ1) is 20.4. The number of nitrogens with two attached hydrogens (primary N) is 1. The highest BCUT2D eigenvalue weighted by molar-refractivity contribution is 5.94. The standard InChI is InChI=1S/C30H47FN4O8/c1-20(2)12-17-43-26-18-35(29(40)22-8-4-5-9-23(22)31)15-14-34(13-6-7-16-42-19-25(37)28(26)39)30(41)24(33-21(3)36)10-11-27(32)38/h4-5,8-9,20,24-26,28,37,39H,6-7,10-19H2,1-3H3,(H2,32,38)(H,33,36)/t24-,25+,26+,28+/m0/s1. The molecule has 1 fully saturated rings. The molecule has 1 aromatic carbocycles. The SMILES string of the molecule is CC(=O)N[C@@H](CCC(N)=O)C(=O)N1CCCCOC[C@@H](O)[C@@H](O)[C@H](OCCC(C)C)CN(C(=O)c2ccccc2F)CC1. The van der Waals surface area contributed by atoms with Crippen LogP contribution in [-0.4, -0.2) is 114 Å². The lowest BCUT2D eigenvalue weighted by Crippen LogP contribution is -2.53. The van der Waals surface area contributed by atoms with Gasteiger partial charge in [-0.2, -0.15) is 0 Å². The summed E-state index contributed by atoms with van der Waals surface area (Å²) < 4.78 is 26.3. The van der Waals surface area contributed by atoms with Crippen LogP contribution in [-0.2, 0) is 23.9 Å². The fourth-order valence-electron chi connectivity index (χ4n) is 4.65. The van der Waals surface area contributed by atoms with E-state index in [9.17, 15) is 33.8 Å². The summed E-state index contributed by atoms with van der Waals surface area (Å²) in [6.07, 6.45) is -2.19. The van der Waals surface area contributed by atoms with Crippen LogP contribution >= 0.6 is 0 Å². The Balaban J connectivity index is 2.42. The molecule has 0 aromatic heterocycles. The molecular weight excluding hydrogens is 563 g/mol. The van der Waals surface area contributed by atoms with E-state index in [1.165, 1.54) is 34.9 Å². The van der Waals surface area contributed by atoms with Crippen LogP contribution in [0.3, 0.4) is 0 Å². The number of benzene rings is 1. The molecule has 1 aliphatic heterocycles. The van der Waals surface area contributed by atoms with Crippen LogP contribution in [0.5, 0.6) is 0 Å². The van der Waals surface area contributed by atoms with Gasteiger partial charge in [-0.15, -0.1) is 0 Å². The monoisotopic (exact) mass is 610 g/mol. The Hall–Kier alpha value is -3.13. The van der Waals surface area contributed by atoms with E-state index in [-0.39, 0.29) is 64.4 Å². The lowest BCUT2D eigenvalue weighted by atomic mass is 10.1. The summed E-state index contributed by atoms with van der Waals surface area (Å²) in [5.41, 5.74) is 5.09. The fraction of sp³-hybridized carbons (Fsp3) is 0.667. The normalized spacial score (nSPS) is 21.6. The van der Waals surface area contributed by atoms with Crippen molar-refractivity contribution in [3.8, 4) is 0 Å². The number of rotatable bonds is 10. The molecule has 1 heterocycles. The zero-order chi connectivity index (χ0) is 31.9. The summed E-state index contributed by atoms with van der Waals surface area (Å²) in [5, 5.41) is 24.3. The molecular formula is C30H47FN4O8. The number of halogens is 1. The van der Waals surface area contributed by atoms with Gasteiger partial charge in [-0.25, -0.2) is 4.39 Å². The fourth-order valence-corrected chi connectivity index (χ4v) is 4.65. The van der Waals surface area contributed by atoms with E-state index in [0.717, 1.165) is 6.07 Å². The maximum Gasteiger partial charge on any atom is 0.256 e. The average Bonchev–Trinajstić information content (AvgIpc) is 2.95. The van der Waals surface area contributed by atoms with Crippen molar-refractivity contribution >= 4 is 23.6 Å². The van der Waals surface area contributed by atoms with Gasteiger partial charge in [0.1, 0.15) is 30.2 Å². The van der Waals surface area contributed by atoms with Gasteiger partial charge in [-0.05, 0) is 43.7 Å². The molecule has 2 rings (SSSR count). The first-order valence-corrected chi connectivity index (χ1v) is 14.8. The summed E-state index contributed by atoms with van der Waals surface area (Å²) in [5.74, 6) is -2.65. The number of aliphatic hydroxyl groups excluding tert-OH is 2.